The summed E-state index contributed by atoms with van der Waals surface area (Å²) in [6, 6.07) is 18.3. The van der Waals surface area contributed by atoms with Crippen LogP contribution >= 0.6 is 0 Å². The van der Waals surface area contributed by atoms with Gasteiger partial charge in [-0.25, -0.2) is 4.68 Å². The van der Waals surface area contributed by atoms with Crippen LogP contribution < -0.4 is 5.32 Å². The van der Waals surface area contributed by atoms with Crippen molar-refractivity contribution in [2.75, 3.05) is 0 Å². The van der Waals surface area contributed by atoms with Gasteiger partial charge in [0.25, 0.3) is 5.91 Å². The van der Waals surface area contributed by atoms with Crippen molar-refractivity contribution in [1.29, 1.82) is 0 Å². The molecule has 186 valence electrons. The Bertz CT molecular complexity index is 1120. The third-order valence-corrected chi connectivity index (χ3v) is 5.74. The molecule has 2 aromatic carbocycles. The molecule has 8 nitrogen and oxygen atoms in total. The lowest BCUT2D eigenvalue weighted by Crippen LogP contribution is -2.45. The van der Waals surface area contributed by atoms with Crippen molar-refractivity contribution in [2.45, 2.75) is 72.6 Å². The SMILES string of the molecule is CC(=O)N(Cc1ccccc1)C(C(=O)NCc1ccccc1)c1nnnn1C(C)(C)CC(C)(C)C. The molecule has 0 saturated carbocycles. The second kappa shape index (κ2) is 10.8. The van der Waals surface area contributed by atoms with Crippen LogP contribution in [-0.2, 0) is 28.2 Å². The third kappa shape index (κ3) is 6.97. The fourth-order valence-corrected chi connectivity index (χ4v) is 4.61. The highest BCUT2D eigenvalue weighted by atomic mass is 16.2. The van der Waals surface area contributed by atoms with Crippen molar-refractivity contribution in [3.8, 4) is 0 Å². The van der Waals surface area contributed by atoms with Crippen LogP contribution in [-0.4, -0.2) is 36.9 Å². The molecule has 0 aliphatic rings. The van der Waals surface area contributed by atoms with Crippen molar-refractivity contribution >= 4 is 11.8 Å². The van der Waals surface area contributed by atoms with Gasteiger partial charge in [-0.15, -0.1) is 5.10 Å². The van der Waals surface area contributed by atoms with E-state index in [0.717, 1.165) is 17.5 Å². The molecule has 0 fully saturated rings. The minimum absolute atomic E-state index is 0.00207. The molecule has 8 heteroatoms. The first-order valence-electron chi connectivity index (χ1n) is 11.9. The first-order chi connectivity index (χ1) is 16.5. The number of hydrogen-bond acceptors (Lipinski definition) is 5. The highest BCUT2D eigenvalue weighted by molar-refractivity contribution is 5.87. The highest BCUT2D eigenvalue weighted by Gasteiger charge is 2.39. The number of benzene rings is 2. The van der Waals surface area contributed by atoms with Crippen LogP contribution in [0.4, 0.5) is 0 Å². The Labute approximate surface area is 207 Å². The summed E-state index contributed by atoms with van der Waals surface area (Å²) in [5, 5.41) is 15.5. The molecule has 0 bridgehead atoms. The summed E-state index contributed by atoms with van der Waals surface area (Å²) in [7, 11) is 0. The van der Waals surface area contributed by atoms with Crippen LogP contribution in [0.5, 0.6) is 0 Å². The van der Waals surface area contributed by atoms with E-state index in [4.69, 9.17) is 0 Å². The maximum atomic E-state index is 13.7. The number of nitrogens with one attached hydrogen (secondary N) is 1. The fourth-order valence-electron chi connectivity index (χ4n) is 4.61. The highest BCUT2D eigenvalue weighted by Crippen LogP contribution is 2.34. The zero-order valence-electron chi connectivity index (χ0n) is 21.5. The maximum Gasteiger partial charge on any atom is 0.251 e. The van der Waals surface area contributed by atoms with Gasteiger partial charge in [-0.3, -0.25) is 9.59 Å². The molecule has 1 unspecified atom stereocenters. The lowest BCUT2D eigenvalue weighted by molar-refractivity contribution is -0.140. The van der Waals surface area contributed by atoms with E-state index in [1.54, 1.807) is 4.68 Å². The van der Waals surface area contributed by atoms with Gasteiger partial charge in [0.05, 0.1) is 5.54 Å². The lowest BCUT2D eigenvalue weighted by Gasteiger charge is -2.35. The second-order valence-electron chi connectivity index (χ2n) is 10.7. The molecular weight excluding hydrogens is 440 g/mol. The van der Waals surface area contributed by atoms with Gasteiger partial charge in [0.1, 0.15) is 0 Å². The van der Waals surface area contributed by atoms with Crippen molar-refractivity contribution in [1.82, 2.24) is 30.4 Å². The molecule has 35 heavy (non-hydrogen) atoms. The van der Waals surface area contributed by atoms with Gasteiger partial charge in [-0.1, -0.05) is 81.4 Å². The Hall–Kier alpha value is -3.55. The Kier molecular flexibility index (Phi) is 8.04. The van der Waals surface area contributed by atoms with Crippen LogP contribution in [0.1, 0.15) is 71.0 Å². The first kappa shape index (κ1) is 26.1. The monoisotopic (exact) mass is 476 g/mol. The van der Waals surface area contributed by atoms with Crippen molar-refractivity contribution in [3.63, 3.8) is 0 Å². The Morgan fingerprint density at radius 2 is 1.51 bits per heavy atom. The molecule has 2 amide bonds. The molecular formula is C27H36N6O2. The zero-order valence-corrected chi connectivity index (χ0v) is 21.5. The molecule has 1 aromatic heterocycles. The van der Waals surface area contributed by atoms with Gasteiger partial charge < -0.3 is 10.2 Å². The van der Waals surface area contributed by atoms with Crippen LogP contribution in [0.15, 0.2) is 60.7 Å². The molecule has 1 atom stereocenters. The number of rotatable bonds is 9. The number of amides is 2. The number of nitrogens with zero attached hydrogens (tertiary/aromatic N) is 5. The first-order valence-corrected chi connectivity index (χ1v) is 11.9. The van der Waals surface area contributed by atoms with Crippen molar-refractivity contribution in [3.05, 3.63) is 77.6 Å². The summed E-state index contributed by atoms with van der Waals surface area (Å²) in [6.45, 7) is 12.6. The van der Waals surface area contributed by atoms with Gasteiger partial charge >= 0.3 is 0 Å². The standard InChI is InChI=1S/C27H36N6O2/c1-20(34)32(18-22-15-11-8-12-16-22)23(25(35)28-17-21-13-9-7-10-14-21)24-29-30-31-33(24)27(5,6)19-26(2,3)4/h7-16,23H,17-19H2,1-6H3,(H,28,35). The van der Waals surface area contributed by atoms with Gasteiger partial charge in [0.15, 0.2) is 11.9 Å². The number of hydrogen-bond donors (Lipinski definition) is 1. The van der Waals surface area contributed by atoms with E-state index in [0.29, 0.717) is 12.4 Å². The van der Waals surface area contributed by atoms with Crippen molar-refractivity contribution in [2.24, 2.45) is 5.41 Å². The third-order valence-electron chi connectivity index (χ3n) is 5.74. The minimum Gasteiger partial charge on any atom is -0.350 e. The predicted octanol–water partition coefficient (Wildman–Crippen LogP) is 4.25. The Morgan fingerprint density at radius 1 is 0.943 bits per heavy atom. The largest absolute Gasteiger partial charge is 0.350 e. The molecule has 0 aliphatic heterocycles. The zero-order chi connectivity index (χ0) is 25.6. The van der Waals surface area contributed by atoms with Gasteiger partial charge in [-0.2, -0.15) is 0 Å². The summed E-state index contributed by atoms with van der Waals surface area (Å²) >= 11 is 0. The molecule has 0 radical (unpaired) electrons. The Morgan fingerprint density at radius 3 is 2.06 bits per heavy atom. The van der Waals surface area contributed by atoms with Crippen molar-refractivity contribution < 1.29 is 9.59 Å². The number of tetrazole rings is 1. The number of aromatic nitrogens is 4. The van der Waals surface area contributed by atoms with Crippen LogP contribution in [0.3, 0.4) is 0 Å². The molecule has 1 heterocycles. The van der Waals surface area contributed by atoms with Crippen LogP contribution in [0.2, 0.25) is 0 Å². The van der Waals surface area contributed by atoms with Gasteiger partial charge in [0, 0.05) is 20.0 Å². The lowest BCUT2D eigenvalue weighted by atomic mass is 9.81. The Balaban J connectivity index is 2.02. The molecule has 0 saturated heterocycles. The number of carbonyl (C=O) groups is 2. The minimum atomic E-state index is -0.995. The van der Waals surface area contributed by atoms with E-state index in [1.165, 1.54) is 11.8 Å². The average molecular weight is 477 g/mol. The predicted molar refractivity (Wildman–Crippen MR) is 135 cm³/mol. The summed E-state index contributed by atoms with van der Waals surface area (Å²) in [6.07, 6.45) is 0.773. The molecule has 3 rings (SSSR count). The van der Waals surface area contributed by atoms with E-state index < -0.39 is 11.6 Å². The van der Waals surface area contributed by atoms with E-state index in [1.807, 2.05) is 74.5 Å². The molecule has 1 N–H and O–H groups in total. The quantitative estimate of drug-likeness (QED) is 0.498. The fraction of sp³-hybridized carbons (Fsp3) is 0.444. The average Bonchev–Trinajstić information content (AvgIpc) is 3.27. The summed E-state index contributed by atoms with van der Waals surface area (Å²) in [4.78, 5) is 28.2. The summed E-state index contributed by atoms with van der Waals surface area (Å²) < 4.78 is 1.70. The van der Waals surface area contributed by atoms with E-state index in [9.17, 15) is 9.59 Å². The number of carbonyl (C=O) groups excluding carboxylic acids is 2. The van der Waals surface area contributed by atoms with Gasteiger partial charge in [-0.05, 0) is 47.2 Å². The molecule has 3 aromatic rings. The smallest absolute Gasteiger partial charge is 0.251 e. The summed E-state index contributed by atoms with van der Waals surface area (Å²) in [5.74, 6) is -0.226. The topological polar surface area (TPSA) is 93.0 Å². The second-order valence-corrected chi connectivity index (χ2v) is 10.7. The van der Waals surface area contributed by atoms with Crippen LogP contribution in [0.25, 0.3) is 0 Å². The van der Waals surface area contributed by atoms with Crippen LogP contribution in [0, 0.1) is 5.41 Å². The molecule has 0 aliphatic carbocycles. The summed E-state index contributed by atoms with van der Waals surface area (Å²) in [5.41, 5.74) is 1.40. The van der Waals surface area contributed by atoms with Gasteiger partial charge in [0.2, 0.25) is 5.91 Å². The van der Waals surface area contributed by atoms with E-state index in [-0.39, 0.29) is 23.8 Å². The van der Waals surface area contributed by atoms with E-state index in [2.05, 4.69) is 41.6 Å². The van der Waals surface area contributed by atoms with E-state index >= 15 is 0 Å². The maximum absolute atomic E-state index is 13.7. The normalized spacial score (nSPS) is 12.7. The molecule has 0 spiro atoms.